The topological polar surface area (TPSA) is 50.2 Å². The summed E-state index contributed by atoms with van der Waals surface area (Å²) in [4.78, 5) is 14.4. The maximum atomic E-state index is 12.4. The Labute approximate surface area is 127 Å². The second kappa shape index (κ2) is 6.96. The molecule has 1 saturated heterocycles. The van der Waals surface area contributed by atoms with E-state index in [4.69, 9.17) is 0 Å². The number of rotatable bonds is 4. The lowest BCUT2D eigenvalue weighted by atomic mass is 10.0. The van der Waals surface area contributed by atoms with Crippen molar-refractivity contribution in [2.24, 2.45) is 0 Å². The van der Waals surface area contributed by atoms with E-state index in [0.717, 1.165) is 49.3 Å². The fraction of sp³-hybridized carbons (Fsp3) is 0.750. The molecule has 1 fully saturated rings. The van der Waals surface area contributed by atoms with E-state index in [1.54, 1.807) is 0 Å². The summed E-state index contributed by atoms with van der Waals surface area (Å²) in [5.74, 6) is 0. The van der Waals surface area contributed by atoms with Crippen molar-refractivity contribution in [1.29, 1.82) is 0 Å². The first-order valence-electron chi connectivity index (χ1n) is 8.15. The molecule has 0 saturated carbocycles. The molecule has 5 nitrogen and oxygen atoms in total. The molecule has 0 aromatic carbocycles. The van der Waals surface area contributed by atoms with Gasteiger partial charge in [-0.3, -0.25) is 4.68 Å². The van der Waals surface area contributed by atoms with E-state index in [0.29, 0.717) is 12.6 Å². The average molecular weight is 292 g/mol. The Kier molecular flexibility index (Phi) is 5.26. The first-order valence-corrected chi connectivity index (χ1v) is 8.15. The van der Waals surface area contributed by atoms with Gasteiger partial charge in [0.2, 0.25) is 0 Å². The number of likely N-dealkylation sites (tertiary alicyclic amines) is 1. The van der Waals surface area contributed by atoms with Crippen molar-refractivity contribution < 1.29 is 4.79 Å². The van der Waals surface area contributed by atoms with Crippen LogP contribution in [0.3, 0.4) is 0 Å². The minimum Gasteiger partial charge on any atom is -0.334 e. The fourth-order valence-electron chi connectivity index (χ4n) is 3.26. The number of carbonyl (C=O) groups is 1. The van der Waals surface area contributed by atoms with Crippen LogP contribution >= 0.6 is 0 Å². The van der Waals surface area contributed by atoms with Crippen LogP contribution in [-0.4, -0.2) is 33.3 Å². The van der Waals surface area contributed by atoms with E-state index < -0.39 is 0 Å². The zero-order valence-electron chi connectivity index (χ0n) is 13.8. The molecule has 118 valence electrons. The van der Waals surface area contributed by atoms with Crippen molar-refractivity contribution in [3.8, 4) is 0 Å². The molecule has 2 amide bonds. The van der Waals surface area contributed by atoms with Crippen molar-refractivity contribution in [2.75, 3.05) is 6.54 Å². The molecule has 0 aliphatic carbocycles. The number of urea groups is 1. The summed E-state index contributed by atoms with van der Waals surface area (Å²) in [6.07, 6.45) is 4.54. The molecular weight excluding hydrogens is 264 g/mol. The van der Waals surface area contributed by atoms with E-state index in [1.165, 1.54) is 6.42 Å². The molecule has 0 spiro atoms. The van der Waals surface area contributed by atoms with Crippen LogP contribution in [0.2, 0.25) is 0 Å². The molecule has 2 heterocycles. The molecule has 5 heteroatoms. The van der Waals surface area contributed by atoms with Crippen LogP contribution in [0.5, 0.6) is 0 Å². The van der Waals surface area contributed by atoms with Gasteiger partial charge in [0, 0.05) is 36.9 Å². The van der Waals surface area contributed by atoms with Gasteiger partial charge >= 0.3 is 6.03 Å². The second-order valence-corrected chi connectivity index (χ2v) is 5.88. The highest BCUT2D eigenvalue weighted by Gasteiger charge is 2.25. The van der Waals surface area contributed by atoms with Gasteiger partial charge in [-0.1, -0.05) is 6.92 Å². The molecule has 1 atom stereocenters. The molecule has 21 heavy (non-hydrogen) atoms. The van der Waals surface area contributed by atoms with Crippen molar-refractivity contribution in [2.45, 2.75) is 72.5 Å². The quantitative estimate of drug-likeness (QED) is 0.927. The smallest absolute Gasteiger partial charge is 0.317 e. The van der Waals surface area contributed by atoms with Crippen molar-refractivity contribution in [1.82, 2.24) is 20.0 Å². The number of hydrogen-bond acceptors (Lipinski definition) is 2. The van der Waals surface area contributed by atoms with Crippen LogP contribution in [0, 0.1) is 13.8 Å². The number of nitrogens with zero attached hydrogens (tertiary/aromatic N) is 3. The molecule has 1 unspecified atom stereocenters. The maximum Gasteiger partial charge on any atom is 0.317 e. The first-order chi connectivity index (χ1) is 10.1. The molecule has 1 N–H and O–H groups in total. The largest absolute Gasteiger partial charge is 0.334 e. The zero-order chi connectivity index (χ0) is 15.4. The van der Waals surface area contributed by atoms with Gasteiger partial charge in [-0.2, -0.15) is 5.10 Å². The molecule has 1 aliphatic rings. The van der Waals surface area contributed by atoms with Crippen LogP contribution in [0.25, 0.3) is 0 Å². The second-order valence-electron chi connectivity index (χ2n) is 5.88. The van der Waals surface area contributed by atoms with Crippen LogP contribution in [0.4, 0.5) is 4.79 Å². The summed E-state index contributed by atoms with van der Waals surface area (Å²) in [6, 6.07) is 0.476. The third-order valence-electron chi connectivity index (χ3n) is 4.61. The molecule has 0 bridgehead atoms. The lowest BCUT2D eigenvalue weighted by molar-refractivity contribution is 0.148. The Balaban J connectivity index is 1.99. The first kappa shape index (κ1) is 15.9. The highest BCUT2D eigenvalue weighted by atomic mass is 16.2. The predicted octanol–water partition coefficient (Wildman–Crippen LogP) is 2.99. The number of nitrogens with one attached hydrogen (secondary N) is 1. The third-order valence-corrected chi connectivity index (χ3v) is 4.61. The summed E-state index contributed by atoms with van der Waals surface area (Å²) in [6.45, 7) is 10.7. The van der Waals surface area contributed by atoms with Crippen molar-refractivity contribution in [3.63, 3.8) is 0 Å². The van der Waals surface area contributed by atoms with E-state index in [-0.39, 0.29) is 6.03 Å². The monoisotopic (exact) mass is 292 g/mol. The van der Waals surface area contributed by atoms with Gasteiger partial charge in [0.1, 0.15) is 0 Å². The predicted molar refractivity (Wildman–Crippen MR) is 84.2 cm³/mol. The van der Waals surface area contributed by atoms with E-state index in [9.17, 15) is 4.79 Å². The van der Waals surface area contributed by atoms with Crippen molar-refractivity contribution >= 4 is 6.03 Å². The van der Waals surface area contributed by atoms with Gasteiger partial charge < -0.3 is 10.2 Å². The summed E-state index contributed by atoms with van der Waals surface area (Å²) in [5, 5.41) is 7.59. The standard InChI is InChI=1S/C16H28N4O/c1-5-14-9-7-8-10-19(14)16(21)17-11-15-12(3)18-20(6-2)13(15)4/h14H,5-11H2,1-4H3,(H,17,21). The van der Waals surface area contributed by atoms with Crippen LogP contribution in [0.1, 0.15) is 56.5 Å². The summed E-state index contributed by atoms with van der Waals surface area (Å²) >= 11 is 0. The van der Waals surface area contributed by atoms with Gasteiger partial charge in [-0.05, 0) is 46.5 Å². The van der Waals surface area contributed by atoms with Crippen LogP contribution in [0.15, 0.2) is 0 Å². The SMILES string of the molecule is CCC1CCCCN1C(=O)NCc1c(C)nn(CC)c1C. The molecule has 2 rings (SSSR count). The van der Waals surface area contributed by atoms with Crippen molar-refractivity contribution in [3.05, 3.63) is 17.0 Å². The minimum absolute atomic E-state index is 0.0737. The summed E-state index contributed by atoms with van der Waals surface area (Å²) in [5.41, 5.74) is 3.32. The van der Waals surface area contributed by atoms with Gasteiger partial charge in [0.25, 0.3) is 0 Å². The number of aryl methyl sites for hydroxylation is 2. The highest BCUT2D eigenvalue weighted by Crippen LogP contribution is 2.20. The number of amides is 2. The molecule has 1 aromatic rings. The minimum atomic E-state index is 0.0737. The number of hydrogen-bond donors (Lipinski definition) is 1. The number of piperidine rings is 1. The lowest BCUT2D eigenvalue weighted by Gasteiger charge is -2.35. The summed E-state index contributed by atoms with van der Waals surface area (Å²) < 4.78 is 1.99. The Bertz CT molecular complexity index is 495. The molecule has 1 aliphatic heterocycles. The van der Waals surface area contributed by atoms with Crippen LogP contribution in [-0.2, 0) is 13.1 Å². The highest BCUT2D eigenvalue weighted by molar-refractivity contribution is 5.74. The van der Waals surface area contributed by atoms with Gasteiger partial charge in [-0.15, -0.1) is 0 Å². The van der Waals surface area contributed by atoms with E-state index in [1.807, 2.05) is 16.5 Å². The van der Waals surface area contributed by atoms with E-state index in [2.05, 4.69) is 31.2 Å². The zero-order valence-corrected chi connectivity index (χ0v) is 13.8. The number of carbonyl (C=O) groups excluding carboxylic acids is 1. The lowest BCUT2D eigenvalue weighted by Crippen LogP contribution is -2.48. The van der Waals surface area contributed by atoms with Gasteiger partial charge in [-0.25, -0.2) is 4.79 Å². The molecular formula is C16H28N4O. The Morgan fingerprint density at radius 3 is 2.71 bits per heavy atom. The maximum absolute atomic E-state index is 12.4. The molecule has 0 radical (unpaired) electrons. The fourth-order valence-corrected chi connectivity index (χ4v) is 3.26. The number of aromatic nitrogens is 2. The Hall–Kier alpha value is -1.52. The average Bonchev–Trinajstić information content (AvgIpc) is 2.78. The summed E-state index contributed by atoms with van der Waals surface area (Å²) in [7, 11) is 0. The van der Waals surface area contributed by atoms with Gasteiger partial charge in [0.15, 0.2) is 0 Å². The Morgan fingerprint density at radius 1 is 1.33 bits per heavy atom. The van der Waals surface area contributed by atoms with E-state index >= 15 is 0 Å². The normalized spacial score (nSPS) is 18.9. The van der Waals surface area contributed by atoms with Crippen LogP contribution < -0.4 is 5.32 Å². The molecule has 1 aromatic heterocycles. The van der Waals surface area contributed by atoms with Gasteiger partial charge in [0.05, 0.1) is 5.69 Å². The third kappa shape index (κ3) is 3.39. The Morgan fingerprint density at radius 2 is 2.10 bits per heavy atom.